The standard InChI is InChI=1S/C20H26FN3O4S2/c21-20-11-5-4-7-16(20)13-17(22)15-29(25,26)24-12-6-8-18(24)14-23-30(27,28)19-9-2-1-3-10-19/h1-5,7,9-11,17-18,23H,6,8,12-15,22H2/t17-,18-/m0/s1. The van der Waals surface area contributed by atoms with Crippen molar-refractivity contribution in [3.8, 4) is 0 Å². The molecule has 1 heterocycles. The summed E-state index contributed by atoms with van der Waals surface area (Å²) in [5.74, 6) is -0.747. The van der Waals surface area contributed by atoms with E-state index in [4.69, 9.17) is 5.73 Å². The number of halogens is 1. The third-order valence-electron chi connectivity index (χ3n) is 5.11. The van der Waals surface area contributed by atoms with Gasteiger partial charge >= 0.3 is 0 Å². The molecule has 0 saturated carbocycles. The predicted octanol–water partition coefficient (Wildman–Crippen LogP) is 1.47. The van der Waals surface area contributed by atoms with Crippen LogP contribution in [0.2, 0.25) is 0 Å². The maximum absolute atomic E-state index is 13.8. The van der Waals surface area contributed by atoms with E-state index >= 15 is 0 Å². The van der Waals surface area contributed by atoms with Crippen LogP contribution in [0.25, 0.3) is 0 Å². The predicted molar refractivity (Wildman–Crippen MR) is 113 cm³/mol. The summed E-state index contributed by atoms with van der Waals surface area (Å²) in [6.07, 6.45) is 1.30. The van der Waals surface area contributed by atoms with Crippen molar-refractivity contribution in [2.45, 2.75) is 36.2 Å². The van der Waals surface area contributed by atoms with Gasteiger partial charge in [-0.2, -0.15) is 4.31 Å². The molecule has 164 valence electrons. The van der Waals surface area contributed by atoms with E-state index in [2.05, 4.69) is 4.72 Å². The number of nitrogens with one attached hydrogen (secondary N) is 1. The van der Waals surface area contributed by atoms with Gasteiger partial charge in [-0.25, -0.2) is 25.9 Å². The smallest absolute Gasteiger partial charge is 0.240 e. The largest absolute Gasteiger partial charge is 0.326 e. The van der Waals surface area contributed by atoms with Crippen molar-refractivity contribution in [2.75, 3.05) is 18.8 Å². The van der Waals surface area contributed by atoms with Gasteiger partial charge in [0.2, 0.25) is 20.0 Å². The first-order valence-corrected chi connectivity index (χ1v) is 12.8. The Kier molecular flexibility index (Phi) is 7.25. The van der Waals surface area contributed by atoms with Gasteiger partial charge in [0, 0.05) is 25.2 Å². The molecule has 0 radical (unpaired) electrons. The Morgan fingerprint density at radius 2 is 1.73 bits per heavy atom. The molecule has 2 aromatic rings. The molecule has 3 N–H and O–H groups in total. The molecule has 0 bridgehead atoms. The van der Waals surface area contributed by atoms with Gasteiger partial charge < -0.3 is 5.73 Å². The quantitative estimate of drug-likeness (QED) is 0.595. The molecular weight excluding hydrogens is 429 g/mol. The molecule has 1 aliphatic heterocycles. The number of hydrogen-bond donors (Lipinski definition) is 2. The molecular formula is C20H26FN3O4S2. The summed E-state index contributed by atoms with van der Waals surface area (Å²) < 4.78 is 68.3. The zero-order valence-corrected chi connectivity index (χ0v) is 18.1. The fraction of sp³-hybridized carbons (Fsp3) is 0.400. The summed E-state index contributed by atoms with van der Waals surface area (Å²) in [7, 11) is -7.45. The van der Waals surface area contributed by atoms with Crippen LogP contribution >= 0.6 is 0 Å². The van der Waals surface area contributed by atoms with E-state index in [9.17, 15) is 21.2 Å². The number of rotatable bonds is 9. The monoisotopic (exact) mass is 455 g/mol. The van der Waals surface area contributed by atoms with Crippen molar-refractivity contribution in [1.82, 2.24) is 9.03 Å². The number of nitrogens with zero attached hydrogens (tertiary/aromatic N) is 1. The van der Waals surface area contributed by atoms with Crippen LogP contribution in [0, 0.1) is 5.82 Å². The lowest BCUT2D eigenvalue weighted by Crippen LogP contribution is -2.46. The van der Waals surface area contributed by atoms with Crippen molar-refractivity contribution in [1.29, 1.82) is 0 Å². The third-order valence-corrected chi connectivity index (χ3v) is 8.59. The number of benzene rings is 2. The minimum absolute atomic E-state index is 0.0149. The van der Waals surface area contributed by atoms with Crippen LogP contribution in [0.5, 0.6) is 0 Å². The van der Waals surface area contributed by atoms with Gasteiger partial charge in [0.25, 0.3) is 0 Å². The highest BCUT2D eigenvalue weighted by Crippen LogP contribution is 2.22. The maximum atomic E-state index is 13.8. The van der Waals surface area contributed by atoms with E-state index in [1.165, 1.54) is 22.5 Å². The van der Waals surface area contributed by atoms with Gasteiger partial charge in [-0.1, -0.05) is 36.4 Å². The van der Waals surface area contributed by atoms with Gasteiger partial charge in [-0.3, -0.25) is 0 Å². The van der Waals surface area contributed by atoms with Crippen LogP contribution < -0.4 is 10.5 Å². The second-order valence-corrected chi connectivity index (χ2v) is 11.1. The van der Waals surface area contributed by atoms with Crippen LogP contribution in [0.3, 0.4) is 0 Å². The van der Waals surface area contributed by atoms with Crippen LogP contribution in [0.15, 0.2) is 59.5 Å². The molecule has 0 unspecified atom stereocenters. The molecule has 0 spiro atoms. The van der Waals surface area contributed by atoms with Gasteiger partial charge in [0.15, 0.2) is 0 Å². The molecule has 1 aliphatic rings. The molecule has 30 heavy (non-hydrogen) atoms. The zero-order valence-electron chi connectivity index (χ0n) is 16.4. The van der Waals surface area contributed by atoms with Crippen molar-refractivity contribution in [2.24, 2.45) is 5.73 Å². The van der Waals surface area contributed by atoms with Crippen LogP contribution in [0.1, 0.15) is 18.4 Å². The second-order valence-electron chi connectivity index (χ2n) is 7.41. The molecule has 0 aliphatic carbocycles. The Morgan fingerprint density at radius 3 is 2.43 bits per heavy atom. The summed E-state index contributed by atoms with van der Waals surface area (Å²) in [5.41, 5.74) is 6.38. The minimum atomic E-state index is -3.72. The average Bonchev–Trinajstić information content (AvgIpc) is 3.18. The molecule has 2 aromatic carbocycles. The molecule has 10 heteroatoms. The van der Waals surface area contributed by atoms with Gasteiger partial charge in [0.1, 0.15) is 5.82 Å². The maximum Gasteiger partial charge on any atom is 0.240 e. The minimum Gasteiger partial charge on any atom is -0.326 e. The number of nitrogens with two attached hydrogens (primary N) is 1. The number of hydrogen-bond acceptors (Lipinski definition) is 5. The lowest BCUT2D eigenvalue weighted by atomic mass is 10.1. The van der Waals surface area contributed by atoms with E-state index in [0.29, 0.717) is 24.9 Å². The first kappa shape index (κ1) is 22.8. The average molecular weight is 456 g/mol. The molecule has 2 atom stereocenters. The summed E-state index contributed by atoms with van der Waals surface area (Å²) >= 11 is 0. The van der Waals surface area contributed by atoms with E-state index in [1.807, 2.05) is 0 Å². The van der Waals surface area contributed by atoms with Crippen LogP contribution in [0.4, 0.5) is 4.39 Å². The van der Waals surface area contributed by atoms with Crippen molar-refractivity contribution in [3.63, 3.8) is 0 Å². The zero-order chi connectivity index (χ0) is 21.8. The Labute approximate surface area is 177 Å². The van der Waals surface area contributed by atoms with Crippen molar-refractivity contribution in [3.05, 3.63) is 66.0 Å². The Hall–Kier alpha value is -1.85. The molecule has 0 amide bonds. The van der Waals surface area contributed by atoms with E-state index in [1.54, 1.807) is 36.4 Å². The Balaban J connectivity index is 1.63. The molecule has 3 rings (SSSR count). The SMILES string of the molecule is N[C@@H](Cc1ccccc1F)CS(=O)(=O)N1CCC[C@H]1CNS(=O)(=O)c1ccccc1. The van der Waals surface area contributed by atoms with Crippen molar-refractivity contribution >= 4 is 20.0 Å². The molecule has 1 saturated heterocycles. The van der Waals surface area contributed by atoms with Crippen LogP contribution in [-0.4, -0.2) is 52.1 Å². The highest BCUT2D eigenvalue weighted by molar-refractivity contribution is 7.89. The summed E-state index contributed by atoms with van der Waals surface area (Å²) in [4.78, 5) is 0.129. The lowest BCUT2D eigenvalue weighted by Gasteiger charge is -2.26. The highest BCUT2D eigenvalue weighted by atomic mass is 32.2. The topological polar surface area (TPSA) is 110 Å². The summed E-state index contributed by atoms with van der Waals surface area (Å²) in [6, 6.07) is 12.8. The van der Waals surface area contributed by atoms with Crippen molar-refractivity contribution < 1.29 is 21.2 Å². The third kappa shape index (κ3) is 5.64. The normalized spacial score (nSPS) is 19.1. The fourth-order valence-electron chi connectivity index (χ4n) is 3.64. The van der Waals surface area contributed by atoms with Crippen LogP contribution in [-0.2, 0) is 26.5 Å². The summed E-state index contributed by atoms with van der Waals surface area (Å²) in [6.45, 7) is 0.297. The molecule has 7 nitrogen and oxygen atoms in total. The Morgan fingerprint density at radius 1 is 1.07 bits per heavy atom. The fourth-order valence-corrected chi connectivity index (χ4v) is 6.63. The summed E-state index contributed by atoms with van der Waals surface area (Å²) in [5, 5.41) is 0. The van der Waals surface area contributed by atoms with Gasteiger partial charge in [-0.05, 0) is 43.0 Å². The lowest BCUT2D eigenvalue weighted by molar-refractivity contribution is 0.382. The van der Waals surface area contributed by atoms with Gasteiger partial charge in [-0.15, -0.1) is 0 Å². The second kappa shape index (κ2) is 9.52. The first-order chi connectivity index (χ1) is 14.2. The molecule has 1 fully saturated rings. The van der Waals surface area contributed by atoms with E-state index in [-0.39, 0.29) is 23.6 Å². The molecule has 0 aromatic heterocycles. The Bertz CT molecular complexity index is 1060. The highest BCUT2D eigenvalue weighted by Gasteiger charge is 2.35. The van der Waals surface area contributed by atoms with E-state index in [0.717, 1.165) is 0 Å². The van der Waals surface area contributed by atoms with E-state index < -0.39 is 37.9 Å². The first-order valence-electron chi connectivity index (χ1n) is 9.72. The number of sulfonamides is 2. The van der Waals surface area contributed by atoms with Gasteiger partial charge in [0.05, 0.1) is 10.6 Å².